The summed E-state index contributed by atoms with van der Waals surface area (Å²) in [5.74, 6) is -2.75. The molecule has 1 heterocycles. The second-order valence-corrected chi connectivity index (χ2v) is 5.56. The molecule has 2 N–H and O–H groups in total. The summed E-state index contributed by atoms with van der Waals surface area (Å²) in [6.07, 6.45) is -5.15. The maximum atomic E-state index is 13.5. The van der Waals surface area contributed by atoms with Crippen molar-refractivity contribution in [1.82, 2.24) is 10.3 Å². The monoisotopic (exact) mass is 347 g/mol. The van der Waals surface area contributed by atoms with E-state index in [0.717, 1.165) is 25.4 Å². The van der Waals surface area contributed by atoms with Crippen LogP contribution in [0.4, 0.5) is 18.3 Å². The van der Waals surface area contributed by atoms with Gasteiger partial charge in [-0.15, -0.1) is 0 Å². The number of ether oxygens (including phenoxy) is 1. The average Bonchev–Trinajstić information content (AvgIpc) is 2.85. The molecule has 23 heavy (non-hydrogen) atoms. The van der Waals surface area contributed by atoms with Crippen LogP contribution in [-0.2, 0) is 14.3 Å². The van der Waals surface area contributed by atoms with Gasteiger partial charge in [0.1, 0.15) is 0 Å². The third-order valence-corrected chi connectivity index (χ3v) is 3.82. The van der Waals surface area contributed by atoms with Gasteiger partial charge >= 0.3 is 17.8 Å². The predicted octanol–water partition coefficient (Wildman–Crippen LogP) is 2.28. The van der Waals surface area contributed by atoms with Gasteiger partial charge in [0.25, 0.3) is 0 Å². The third-order valence-electron chi connectivity index (χ3n) is 2.87. The number of rotatable bonds is 4. The van der Waals surface area contributed by atoms with Crippen LogP contribution in [0.3, 0.4) is 0 Å². The number of nitrogens with zero attached hydrogens (tertiary/aromatic N) is 1. The fourth-order valence-corrected chi connectivity index (χ4v) is 2.82. The zero-order valence-corrected chi connectivity index (χ0v) is 12.8. The Bertz CT molecular complexity index is 714. The van der Waals surface area contributed by atoms with E-state index in [9.17, 15) is 22.8 Å². The van der Waals surface area contributed by atoms with E-state index < -0.39 is 23.7 Å². The summed E-state index contributed by atoms with van der Waals surface area (Å²) in [7, 11) is 0.796. The molecule has 2 rings (SSSR count). The molecule has 0 aliphatic heterocycles. The van der Waals surface area contributed by atoms with Crippen molar-refractivity contribution in [1.29, 1.82) is 0 Å². The standard InChI is InChI=1S/C13H12F3N3O3S/c1-7(20)18-12(10(21)22-2,13(14,15)16)19-11-17-8-5-3-4-6-9(8)23-11/h3-6H,1-2H3,(H,17,19)(H,18,20). The molecule has 0 aliphatic carbocycles. The summed E-state index contributed by atoms with van der Waals surface area (Å²) in [5, 5.41) is 3.40. The van der Waals surface area contributed by atoms with Gasteiger partial charge in [-0.1, -0.05) is 23.5 Å². The van der Waals surface area contributed by atoms with Crippen LogP contribution in [0.5, 0.6) is 0 Å². The Kier molecular flexibility index (Phi) is 4.46. The van der Waals surface area contributed by atoms with Crippen molar-refractivity contribution in [2.45, 2.75) is 18.8 Å². The summed E-state index contributed by atoms with van der Waals surface area (Å²) in [6, 6.07) is 6.67. The molecule has 1 aromatic carbocycles. The molecule has 0 aliphatic rings. The Morgan fingerprint density at radius 3 is 2.43 bits per heavy atom. The van der Waals surface area contributed by atoms with Crippen molar-refractivity contribution in [3.8, 4) is 0 Å². The second kappa shape index (κ2) is 6.03. The minimum Gasteiger partial charge on any atom is -0.466 e. The molecule has 1 amide bonds. The van der Waals surface area contributed by atoms with Gasteiger partial charge in [-0.05, 0) is 12.1 Å². The van der Waals surface area contributed by atoms with Crippen LogP contribution < -0.4 is 10.6 Å². The number of anilines is 1. The van der Waals surface area contributed by atoms with Gasteiger partial charge in [-0.25, -0.2) is 9.78 Å². The third kappa shape index (κ3) is 3.21. The van der Waals surface area contributed by atoms with Crippen LogP contribution in [-0.4, -0.2) is 35.8 Å². The Balaban J connectivity index is 2.51. The van der Waals surface area contributed by atoms with Gasteiger partial charge in [-0.2, -0.15) is 13.2 Å². The Morgan fingerprint density at radius 2 is 1.91 bits per heavy atom. The highest BCUT2D eigenvalue weighted by Gasteiger charge is 2.63. The molecule has 1 atom stereocenters. The number of carbonyl (C=O) groups excluding carboxylic acids is 2. The lowest BCUT2D eigenvalue weighted by Crippen LogP contribution is -2.69. The van der Waals surface area contributed by atoms with Gasteiger partial charge < -0.3 is 15.4 Å². The molecule has 1 unspecified atom stereocenters. The van der Waals surface area contributed by atoms with Crippen LogP contribution in [0.2, 0.25) is 0 Å². The van der Waals surface area contributed by atoms with E-state index in [0.29, 0.717) is 10.2 Å². The number of nitrogens with one attached hydrogen (secondary N) is 2. The molecule has 0 bridgehead atoms. The summed E-state index contributed by atoms with van der Waals surface area (Å²) in [5.41, 5.74) is -2.95. The number of aromatic nitrogens is 1. The van der Waals surface area contributed by atoms with Crippen LogP contribution >= 0.6 is 11.3 Å². The molecular formula is C13H12F3N3O3S. The SMILES string of the molecule is COC(=O)C(NC(C)=O)(Nc1nc2ccccc2s1)C(F)(F)F. The first-order valence-corrected chi connectivity index (χ1v) is 7.09. The Labute approximate surface area is 132 Å². The van der Waals surface area contributed by atoms with Gasteiger partial charge in [0.05, 0.1) is 17.3 Å². The fraction of sp³-hybridized carbons (Fsp3) is 0.308. The lowest BCUT2D eigenvalue weighted by atomic mass is 10.1. The van der Waals surface area contributed by atoms with Crippen LogP contribution in [0, 0.1) is 0 Å². The van der Waals surface area contributed by atoms with E-state index in [1.54, 1.807) is 29.6 Å². The van der Waals surface area contributed by atoms with Gasteiger partial charge in [0.2, 0.25) is 5.91 Å². The molecule has 2 aromatic rings. The number of alkyl halides is 3. The second-order valence-electron chi connectivity index (χ2n) is 4.53. The molecule has 0 fully saturated rings. The lowest BCUT2D eigenvalue weighted by molar-refractivity contribution is -0.206. The van der Waals surface area contributed by atoms with Crippen molar-refractivity contribution in [3.05, 3.63) is 24.3 Å². The Morgan fingerprint density at radius 1 is 1.26 bits per heavy atom. The number of benzene rings is 1. The zero-order chi connectivity index (χ0) is 17.3. The van der Waals surface area contributed by atoms with Crippen LogP contribution in [0.15, 0.2) is 24.3 Å². The molecule has 0 saturated heterocycles. The number of methoxy groups -OCH3 is 1. The molecule has 6 nitrogen and oxygen atoms in total. The minimum absolute atomic E-state index is 0.178. The maximum Gasteiger partial charge on any atom is 0.442 e. The number of esters is 1. The minimum atomic E-state index is -5.15. The van der Waals surface area contributed by atoms with E-state index >= 15 is 0 Å². The van der Waals surface area contributed by atoms with E-state index in [1.165, 1.54) is 0 Å². The van der Waals surface area contributed by atoms with Crippen molar-refractivity contribution in [2.75, 3.05) is 12.4 Å². The van der Waals surface area contributed by atoms with E-state index in [4.69, 9.17) is 0 Å². The number of amides is 1. The van der Waals surface area contributed by atoms with Gasteiger partial charge in [0.15, 0.2) is 5.13 Å². The number of fused-ring (bicyclic) bond motifs is 1. The molecule has 0 saturated carbocycles. The van der Waals surface area contributed by atoms with Crippen LogP contribution in [0.25, 0.3) is 10.2 Å². The van der Waals surface area contributed by atoms with E-state index in [1.807, 2.05) is 5.32 Å². The fourth-order valence-electron chi connectivity index (χ4n) is 1.89. The van der Waals surface area contributed by atoms with Crippen LogP contribution in [0.1, 0.15) is 6.92 Å². The van der Waals surface area contributed by atoms with E-state index in [-0.39, 0.29) is 5.13 Å². The first-order chi connectivity index (χ1) is 10.7. The van der Waals surface area contributed by atoms with Gasteiger partial charge in [-0.3, -0.25) is 4.79 Å². The first-order valence-electron chi connectivity index (χ1n) is 6.27. The predicted molar refractivity (Wildman–Crippen MR) is 77.9 cm³/mol. The Hall–Kier alpha value is -2.36. The molecular weight excluding hydrogens is 335 g/mol. The molecule has 124 valence electrons. The quantitative estimate of drug-likeness (QED) is 0.655. The summed E-state index contributed by atoms with van der Waals surface area (Å²) in [4.78, 5) is 27.0. The van der Waals surface area contributed by atoms with Crippen molar-refractivity contribution in [3.63, 3.8) is 0 Å². The number of carbonyl (C=O) groups is 2. The molecule has 0 spiro atoms. The highest BCUT2D eigenvalue weighted by molar-refractivity contribution is 7.22. The molecule has 1 aromatic heterocycles. The highest BCUT2D eigenvalue weighted by Crippen LogP contribution is 2.35. The maximum absolute atomic E-state index is 13.5. The van der Waals surface area contributed by atoms with Gasteiger partial charge in [0, 0.05) is 6.92 Å². The summed E-state index contributed by atoms with van der Waals surface area (Å²) in [6.45, 7) is 0.865. The number of halogens is 3. The number of para-hydroxylation sites is 1. The molecule has 0 radical (unpaired) electrons. The van der Waals surface area contributed by atoms with Crippen molar-refractivity contribution in [2.24, 2.45) is 0 Å². The first kappa shape index (κ1) is 17.0. The molecule has 10 heteroatoms. The summed E-state index contributed by atoms with van der Waals surface area (Å²) < 4.78 is 45.4. The highest BCUT2D eigenvalue weighted by atomic mass is 32.1. The van der Waals surface area contributed by atoms with Crippen molar-refractivity contribution < 1.29 is 27.5 Å². The lowest BCUT2D eigenvalue weighted by Gasteiger charge is -2.33. The largest absolute Gasteiger partial charge is 0.466 e. The number of thiazole rings is 1. The smallest absolute Gasteiger partial charge is 0.442 e. The summed E-state index contributed by atoms with van der Waals surface area (Å²) >= 11 is 0.914. The number of hydrogen-bond donors (Lipinski definition) is 2. The average molecular weight is 347 g/mol. The van der Waals surface area contributed by atoms with E-state index in [2.05, 4.69) is 9.72 Å². The number of hydrogen-bond acceptors (Lipinski definition) is 6. The van der Waals surface area contributed by atoms with Crippen molar-refractivity contribution >= 4 is 38.6 Å². The zero-order valence-electron chi connectivity index (χ0n) is 12.0. The topological polar surface area (TPSA) is 80.3 Å². The normalized spacial score (nSPS) is 14.1.